The molecule has 0 aliphatic heterocycles. The molecule has 2 saturated carbocycles. The maximum atomic E-state index is 11.6. The van der Waals surface area contributed by atoms with Crippen molar-refractivity contribution in [3.05, 3.63) is 0 Å². The lowest BCUT2D eigenvalue weighted by Gasteiger charge is -2.20. The summed E-state index contributed by atoms with van der Waals surface area (Å²) in [7, 11) is 3.22. The number of rotatable bonds is 5. The lowest BCUT2D eigenvalue weighted by atomic mass is 10.1. The highest BCUT2D eigenvalue weighted by Gasteiger charge is 2.39. The van der Waals surface area contributed by atoms with E-state index in [1.54, 1.807) is 7.11 Å². The summed E-state index contributed by atoms with van der Waals surface area (Å²) in [6.45, 7) is 0. The highest BCUT2D eigenvalue weighted by molar-refractivity contribution is 5.76. The van der Waals surface area contributed by atoms with Gasteiger partial charge < -0.3 is 14.8 Å². The van der Waals surface area contributed by atoms with Gasteiger partial charge in [0.15, 0.2) is 0 Å². The summed E-state index contributed by atoms with van der Waals surface area (Å²) in [6, 6.07) is 0.320. The third kappa shape index (κ3) is 2.74. The van der Waals surface area contributed by atoms with Crippen molar-refractivity contribution in [2.45, 2.75) is 50.3 Å². The quantitative estimate of drug-likeness (QED) is 0.714. The molecule has 92 valence electrons. The molecule has 0 aromatic rings. The van der Waals surface area contributed by atoms with Crippen LogP contribution in [0.2, 0.25) is 0 Å². The van der Waals surface area contributed by atoms with Crippen LogP contribution in [0.3, 0.4) is 0 Å². The van der Waals surface area contributed by atoms with E-state index in [1.165, 1.54) is 7.11 Å². The summed E-state index contributed by atoms with van der Waals surface area (Å²) in [6.07, 6.45) is 5.85. The van der Waals surface area contributed by atoms with E-state index >= 15 is 0 Å². The number of esters is 1. The van der Waals surface area contributed by atoms with Gasteiger partial charge in [-0.1, -0.05) is 0 Å². The Balaban J connectivity index is 1.84. The van der Waals surface area contributed by atoms with Crippen LogP contribution in [0.15, 0.2) is 0 Å². The zero-order valence-electron chi connectivity index (χ0n) is 10.1. The SMILES string of the molecule is COC(=O)C(NC1CCC(OC)C1)C1CC1. The van der Waals surface area contributed by atoms with Gasteiger partial charge in [-0.25, -0.2) is 0 Å². The number of ether oxygens (including phenoxy) is 2. The van der Waals surface area contributed by atoms with Crippen LogP contribution in [0.1, 0.15) is 32.1 Å². The summed E-state index contributed by atoms with van der Waals surface area (Å²) in [5, 5.41) is 3.44. The molecule has 0 spiro atoms. The first-order valence-corrected chi connectivity index (χ1v) is 6.11. The van der Waals surface area contributed by atoms with Crippen LogP contribution in [-0.2, 0) is 14.3 Å². The number of methoxy groups -OCH3 is 2. The van der Waals surface area contributed by atoms with Gasteiger partial charge in [0, 0.05) is 13.2 Å². The molecule has 4 heteroatoms. The lowest BCUT2D eigenvalue weighted by Crippen LogP contribution is -2.44. The normalized spacial score (nSPS) is 31.4. The second-order valence-corrected chi connectivity index (χ2v) is 4.87. The number of nitrogens with one attached hydrogen (secondary N) is 1. The van der Waals surface area contributed by atoms with Gasteiger partial charge in [0.2, 0.25) is 0 Å². The smallest absolute Gasteiger partial charge is 0.323 e. The molecule has 2 rings (SSSR count). The van der Waals surface area contributed by atoms with Crippen LogP contribution in [-0.4, -0.2) is 38.4 Å². The van der Waals surface area contributed by atoms with Crippen LogP contribution in [0.4, 0.5) is 0 Å². The lowest BCUT2D eigenvalue weighted by molar-refractivity contribution is -0.144. The number of hydrogen-bond donors (Lipinski definition) is 1. The molecule has 0 aromatic carbocycles. The Bertz CT molecular complexity index is 253. The Morgan fingerprint density at radius 2 is 2.00 bits per heavy atom. The Kier molecular flexibility index (Phi) is 3.82. The number of carbonyl (C=O) groups is 1. The monoisotopic (exact) mass is 227 g/mol. The zero-order chi connectivity index (χ0) is 11.5. The van der Waals surface area contributed by atoms with Crippen LogP contribution in [0, 0.1) is 5.92 Å². The van der Waals surface area contributed by atoms with Gasteiger partial charge in [-0.2, -0.15) is 0 Å². The molecule has 16 heavy (non-hydrogen) atoms. The van der Waals surface area contributed by atoms with Crippen molar-refractivity contribution in [3.63, 3.8) is 0 Å². The average molecular weight is 227 g/mol. The second kappa shape index (κ2) is 5.15. The molecule has 3 unspecified atom stereocenters. The summed E-state index contributed by atoms with van der Waals surface area (Å²) >= 11 is 0. The predicted octanol–water partition coefficient (Wildman–Crippen LogP) is 1.10. The maximum Gasteiger partial charge on any atom is 0.323 e. The van der Waals surface area contributed by atoms with E-state index in [2.05, 4.69) is 5.32 Å². The fourth-order valence-electron chi connectivity index (χ4n) is 2.51. The molecule has 0 aromatic heterocycles. The minimum atomic E-state index is -0.108. The topological polar surface area (TPSA) is 47.6 Å². The van der Waals surface area contributed by atoms with E-state index < -0.39 is 0 Å². The largest absolute Gasteiger partial charge is 0.468 e. The first-order chi connectivity index (χ1) is 7.74. The molecule has 1 N–H and O–H groups in total. The standard InChI is InChI=1S/C12H21NO3/c1-15-10-6-5-9(7-10)13-11(8-3-4-8)12(14)16-2/h8-11,13H,3-7H2,1-2H3. The Morgan fingerprint density at radius 3 is 2.50 bits per heavy atom. The van der Waals surface area contributed by atoms with Gasteiger partial charge in [0.05, 0.1) is 13.2 Å². The number of carbonyl (C=O) groups excluding carboxylic acids is 1. The summed E-state index contributed by atoms with van der Waals surface area (Å²) in [5.41, 5.74) is 0. The second-order valence-electron chi connectivity index (χ2n) is 4.87. The fourth-order valence-corrected chi connectivity index (χ4v) is 2.51. The summed E-state index contributed by atoms with van der Waals surface area (Å²) < 4.78 is 10.2. The average Bonchev–Trinajstić information content (AvgIpc) is 3.04. The molecule has 3 atom stereocenters. The van der Waals surface area contributed by atoms with Gasteiger partial charge >= 0.3 is 5.97 Å². The van der Waals surface area contributed by atoms with E-state index in [0.29, 0.717) is 18.1 Å². The minimum Gasteiger partial charge on any atom is -0.468 e. The molecule has 0 amide bonds. The summed E-state index contributed by atoms with van der Waals surface area (Å²) in [5.74, 6) is 0.386. The molecule has 2 aliphatic carbocycles. The van der Waals surface area contributed by atoms with E-state index in [-0.39, 0.29) is 12.0 Å². The predicted molar refractivity (Wildman–Crippen MR) is 60.1 cm³/mol. The van der Waals surface area contributed by atoms with Crippen LogP contribution in [0.5, 0.6) is 0 Å². The van der Waals surface area contributed by atoms with Gasteiger partial charge in [0.25, 0.3) is 0 Å². The zero-order valence-corrected chi connectivity index (χ0v) is 10.1. The molecule has 0 heterocycles. The Morgan fingerprint density at radius 1 is 1.25 bits per heavy atom. The third-order valence-electron chi connectivity index (χ3n) is 3.68. The van der Waals surface area contributed by atoms with Crippen LogP contribution in [0.25, 0.3) is 0 Å². The highest BCUT2D eigenvalue weighted by Crippen LogP contribution is 2.34. The van der Waals surface area contributed by atoms with Gasteiger partial charge in [-0.15, -0.1) is 0 Å². The van der Waals surface area contributed by atoms with Crippen molar-refractivity contribution in [1.29, 1.82) is 0 Å². The molecule has 0 bridgehead atoms. The van der Waals surface area contributed by atoms with Crippen molar-refractivity contribution in [1.82, 2.24) is 5.32 Å². The fraction of sp³-hybridized carbons (Fsp3) is 0.917. The van der Waals surface area contributed by atoms with Crippen molar-refractivity contribution in [2.24, 2.45) is 5.92 Å². The first kappa shape index (κ1) is 11.9. The molecule has 2 fully saturated rings. The van der Waals surface area contributed by atoms with Crippen molar-refractivity contribution < 1.29 is 14.3 Å². The molecule has 0 saturated heterocycles. The molecular formula is C12H21NO3. The first-order valence-electron chi connectivity index (χ1n) is 6.11. The van der Waals surface area contributed by atoms with Crippen molar-refractivity contribution >= 4 is 5.97 Å². The van der Waals surface area contributed by atoms with E-state index in [9.17, 15) is 4.79 Å². The maximum absolute atomic E-state index is 11.6. The van der Waals surface area contributed by atoms with E-state index in [0.717, 1.165) is 32.1 Å². The van der Waals surface area contributed by atoms with Crippen molar-refractivity contribution in [3.8, 4) is 0 Å². The van der Waals surface area contributed by atoms with E-state index in [4.69, 9.17) is 9.47 Å². The summed E-state index contributed by atoms with van der Waals surface area (Å²) in [4.78, 5) is 11.6. The van der Waals surface area contributed by atoms with Gasteiger partial charge in [0.1, 0.15) is 6.04 Å². The Hall–Kier alpha value is -0.610. The highest BCUT2D eigenvalue weighted by atomic mass is 16.5. The van der Waals surface area contributed by atoms with Crippen LogP contribution >= 0.6 is 0 Å². The molecule has 2 aliphatic rings. The van der Waals surface area contributed by atoms with Crippen LogP contribution < -0.4 is 5.32 Å². The van der Waals surface area contributed by atoms with Crippen molar-refractivity contribution in [2.75, 3.05) is 14.2 Å². The third-order valence-corrected chi connectivity index (χ3v) is 3.68. The molecular weight excluding hydrogens is 206 g/mol. The Labute approximate surface area is 96.7 Å². The molecule has 4 nitrogen and oxygen atoms in total. The minimum absolute atomic E-state index is 0.0920. The van der Waals surface area contributed by atoms with Gasteiger partial charge in [-0.3, -0.25) is 4.79 Å². The van der Waals surface area contributed by atoms with Gasteiger partial charge in [-0.05, 0) is 38.0 Å². The molecule has 0 radical (unpaired) electrons. The number of hydrogen-bond acceptors (Lipinski definition) is 4. The van der Waals surface area contributed by atoms with E-state index in [1.807, 2.05) is 0 Å².